The fourth-order valence-corrected chi connectivity index (χ4v) is 1.63. The van der Waals surface area contributed by atoms with E-state index in [1.165, 1.54) is 6.20 Å². The van der Waals surface area contributed by atoms with Crippen molar-refractivity contribution in [2.45, 2.75) is 26.4 Å². The monoisotopic (exact) mass is 288 g/mol. The number of hydrogen-bond acceptors (Lipinski definition) is 4. The number of nitrogens with zero attached hydrogens (tertiary/aromatic N) is 3. The lowest BCUT2D eigenvalue weighted by atomic mass is 9.92. The average Bonchev–Trinajstić information content (AvgIpc) is 2.99. The van der Waals surface area contributed by atoms with Gasteiger partial charge < -0.3 is 10.4 Å². The molecule has 0 aromatic carbocycles. The molecule has 2 aromatic heterocycles. The smallest absolute Gasteiger partial charge is 0.252 e. The molecule has 0 saturated heterocycles. The van der Waals surface area contributed by atoms with Gasteiger partial charge >= 0.3 is 0 Å². The third-order valence-electron chi connectivity index (χ3n) is 3.63. The van der Waals surface area contributed by atoms with Gasteiger partial charge in [-0.2, -0.15) is 0 Å². The Kier molecular flexibility index (Phi) is 4.37. The zero-order valence-corrected chi connectivity index (χ0v) is 12.4. The highest BCUT2D eigenvalue weighted by atomic mass is 16.3. The Morgan fingerprint density at radius 1 is 1.48 bits per heavy atom. The van der Waals surface area contributed by atoms with E-state index in [1.54, 1.807) is 42.3 Å². The van der Waals surface area contributed by atoms with Crippen LogP contribution in [0.4, 0.5) is 0 Å². The van der Waals surface area contributed by atoms with E-state index in [0.29, 0.717) is 11.4 Å². The van der Waals surface area contributed by atoms with Crippen molar-refractivity contribution in [2.24, 2.45) is 5.92 Å². The number of carbonyl (C=O) groups excluding carboxylic acids is 1. The summed E-state index contributed by atoms with van der Waals surface area (Å²) < 4.78 is 1.76. The third kappa shape index (κ3) is 3.66. The van der Waals surface area contributed by atoms with Crippen LogP contribution >= 0.6 is 0 Å². The van der Waals surface area contributed by atoms with Gasteiger partial charge in [0.1, 0.15) is 12.1 Å². The quantitative estimate of drug-likeness (QED) is 0.871. The fourth-order valence-electron chi connectivity index (χ4n) is 1.63. The summed E-state index contributed by atoms with van der Waals surface area (Å²) in [5, 5.41) is 12.8. The minimum Gasteiger partial charge on any atom is -0.388 e. The van der Waals surface area contributed by atoms with E-state index in [2.05, 4.69) is 15.3 Å². The van der Waals surface area contributed by atoms with Gasteiger partial charge in [-0.05, 0) is 25.0 Å². The maximum Gasteiger partial charge on any atom is 0.252 e. The van der Waals surface area contributed by atoms with Crippen molar-refractivity contribution < 1.29 is 9.90 Å². The molecule has 2 N–H and O–H groups in total. The maximum absolute atomic E-state index is 12.0. The standard InChI is InChI=1S/C15H20N4O2/c1-11(2)15(3,21)9-18-14(20)12-4-5-13(17-8-12)19-7-6-16-10-19/h4-8,10-11,21H,9H2,1-3H3,(H,18,20). The summed E-state index contributed by atoms with van der Waals surface area (Å²) in [5.41, 5.74) is -0.474. The molecule has 0 radical (unpaired) electrons. The molecule has 2 aromatic rings. The fraction of sp³-hybridized carbons (Fsp3) is 0.400. The number of imidazole rings is 1. The van der Waals surface area contributed by atoms with E-state index in [4.69, 9.17) is 0 Å². The molecule has 1 amide bonds. The first-order valence-corrected chi connectivity index (χ1v) is 6.85. The molecule has 21 heavy (non-hydrogen) atoms. The molecule has 0 aliphatic rings. The second-order valence-corrected chi connectivity index (χ2v) is 5.57. The first-order valence-electron chi connectivity index (χ1n) is 6.85. The van der Waals surface area contributed by atoms with Gasteiger partial charge in [-0.15, -0.1) is 0 Å². The summed E-state index contributed by atoms with van der Waals surface area (Å²) in [6.45, 7) is 5.73. The molecule has 6 nitrogen and oxygen atoms in total. The molecule has 0 saturated carbocycles. The largest absolute Gasteiger partial charge is 0.388 e. The van der Waals surface area contributed by atoms with Crippen LogP contribution in [0.25, 0.3) is 5.82 Å². The first kappa shape index (κ1) is 15.2. The molecular weight excluding hydrogens is 268 g/mol. The number of pyridine rings is 1. The van der Waals surface area contributed by atoms with Crippen molar-refractivity contribution >= 4 is 5.91 Å². The molecular formula is C15H20N4O2. The summed E-state index contributed by atoms with van der Waals surface area (Å²) in [7, 11) is 0. The molecule has 0 aliphatic carbocycles. The summed E-state index contributed by atoms with van der Waals surface area (Å²) >= 11 is 0. The molecule has 2 rings (SSSR count). The van der Waals surface area contributed by atoms with E-state index >= 15 is 0 Å². The predicted octanol–water partition coefficient (Wildman–Crippen LogP) is 1.40. The minimum atomic E-state index is -0.931. The van der Waals surface area contributed by atoms with Gasteiger partial charge in [0.2, 0.25) is 0 Å². The summed E-state index contributed by atoms with van der Waals surface area (Å²) in [4.78, 5) is 20.2. The minimum absolute atomic E-state index is 0.0551. The van der Waals surface area contributed by atoms with Gasteiger partial charge in [0, 0.05) is 25.1 Å². The van der Waals surface area contributed by atoms with E-state index in [0.717, 1.165) is 0 Å². The second-order valence-electron chi connectivity index (χ2n) is 5.57. The lowest BCUT2D eigenvalue weighted by Crippen LogP contribution is -2.44. The normalized spacial score (nSPS) is 14.0. The Morgan fingerprint density at radius 2 is 2.24 bits per heavy atom. The molecule has 112 valence electrons. The van der Waals surface area contributed by atoms with Crippen LogP contribution < -0.4 is 5.32 Å². The molecule has 2 heterocycles. The lowest BCUT2D eigenvalue weighted by Gasteiger charge is -2.27. The Bertz CT molecular complexity index is 589. The second kappa shape index (κ2) is 6.05. The van der Waals surface area contributed by atoms with Crippen LogP contribution in [0.5, 0.6) is 0 Å². The maximum atomic E-state index is 12.0. The van der Waals surface area contributed by atoms with Gasteiger partial charge in [0.05, 0.1) is 11.2 Å². The molecule has 0 spiro atoms. The van der Waals surface area contributed by atoms with Crippen molar-refractivity contribution in [2.75, 3.05) is 6.54 Å². The van der Waals surface area contributed by atoms with Gasteiger partial charge in [-0.25, -0.2) is 9.97 Å². The highest BCUT2D eigenvalue weighted by Crippen LogP contribution is 2.14. The topological polar surface area (TPSA) is 80.0 Å². The number of nitrogens with one attached hydrogen (secondary N) is 1. The van der Waals surface area contributed by atoms with Gasteiger partial charge in [0.15, 0.2) is 0 Å². The van der Waals surface area contributed by atoms with Gasteiger partial charge in [0.25, 0.3) is 5.91 Å². The van der Waals surface area contributed by atoms with Crippen molar-refractivity contribution in [3.8, 4) is 5.82 Å². The number of carbonyl (C=O) groups is 1. The Hall–Kier alpha value is -2.21. The summed E-state index contributed by atoms with van der Waals surface area (Å²) in [5.74, 6) is 0.498. The first-order chi connectivity index (χ1) is 9.90. The molecule has 1 atom stereocenters. The molecule has 0 bridgehead atoms. The number of hydrogen-bond donors (Lipinski definition) is 2. The van der Waals surface area contributed by atoms with Crippen LogP contribution in [-0.4, -0.2) is 37.7 Å². The highest BCUT2D eigenvalue weighted by molar-refractivity contribution is 5.93. The zero-order valence-electron chi connectivity index (χ0n) is 12.4. The van der Waals surface area contributed by atoms with E-state index in [9.17, 15) is 9.90 Å². The van der Waals surface area contributed by atoms with Gasteiger partial charge in [-0.3, -0.25) is 9.36 Å². The Labute approximate surface area is 123 Å². The number of amides is 1. The highest BCUT2D eigenvalue weighted by Gasteiger charge is 2.25. The van der Waals surface area contributed by atoms with Crippen LogP contribution in [0.1, 0.15) is 31.1 Å². The van der Waals surface area contributed by atoms with Crippen molar-refractivity contribution in [1.82, 2.24) is 19.9 Å². The van der Waals surface area contributed by atoms with Crippen LogP contribution in [0.3, 0.4) is 0 Å². The summed E-state index contributed by atoms with van der Waals surface area (Å²) in [6, 6.07) is 3.44. The van der Waals surface area contributed by atoms with Crippen molar-refractivity contribution in [3.63, 3.8) is 0 Å². The number of aromatic nitrogens is 3. The predicted molar refractivity (Wildman–Crippen MR) is 79.2 cm³/mol. The van der Waals surface area contributed by atoms with Crippen molar-refractivity contribution in [3.05, 3.63) is 42.6 Å². The molecule has 0 fully saturated rings. The van der Waals surface area contributed by atoms with E-state index in [-0.39, 0.29) is 18.4 Å². The molecule has 1 unspecified atom stereocenters. The number of aliphatic hydroxyl groups is 1. The van der Waals surface area contributed by atoms with Crippen molar-refractivity contribution in [1.29, 1.82) is 0 Å². The van der Waals surface area contributed by atoms with Crippen LogP contribution in [0.2, 0.25) is 0 Å². The zero-order chi connectivity index (χ0) is 15.5. The lowest BCUT2D eigenvalue weighted by molar-refractivity contribution is 0.0142. The van der Waals surface area contributed by atoms with Crippen LogP contribution in [0, 0.1) is 5.92 Å². The molecule has 6 heteroatoms. The van der Waals surface area contributed by atoms with Crippen LogP contribution in [0.15, 0.2) is 37.1 Å². The summed E-state index contributed by atoms with van der Waals surface area (Å²) in [6.07, 6.45) is 6.59. The van der Waals surface area contributed by atoms with E-state index in [1.807, 2.05) is 13.8 Å². The molecule has 0 aliphatic heterocycles. The van der Waals surface area contributed by atoms with E-state index < -0.39 is 5.60 Å². The Balaban J connectivity index is 2.01. The van der Waals surface area contributed by atoms with Crippen LogP contribution in [-0.2, 0) is 0 Å². The Morgan fingerprint density at radius 3 is 2.76 bits per heavy atom. The SMILES string of the molecule is CC(C)C(C)(O)CNC(=O)c1ccc(-n2ccnc2)nc1. The average molecular weight is 288 g/mol. The number of rotatable bonds is 5. The van der Waals surface area contributed by atoms with Gasteiger partial charge in [-0.1, -0.05) is 13.8 Å². The third-order valence-corrected chi connectivity index (χ3v) is 3.63.